The third-order valence-corrected chi connectivity index (χ3v) is 5.49. The van der Waals surface area contributed by atoms with Gasteiger partial charge in [0.1, 0.15) is 6.10 Å². The minimum absolute atomic E-state index is 0. The van der Waals surface area contributed by atoms with E-state index < -0.39 is 6.10 Å². The van der Waals surface area contributed by atoms with Crippen LogP contribution in [0, 0.1) is 0 Å². The number of hydrogen-bond acceptors (Lipinski definition) is 5. The Morgan fingerprint density at radius 2 is 2.00 bits per heavy atom. The van der Waals surface area contributed by atoms with Gasteiger partial charge in [0.2, 0.25) is 5.91 Å². The van der Waals surface area contributed by atoms with Crippen LogP contribution in [0.2, 0.25) is 4.34 Å². The molecular weight excluding hydrogens is 513 g/mol. The summed E-state index contributed by atoms with van der Waals surface area (Å²) in [5, 5.41) is 16.5. The first-order valence-corrected chi connectivity index (χ1v) is 10.6. The molecule has 0 bridgehead atoms. The molecule has 3 N–H and O–H groups in total. The van der Waals surface area contributed by atoms with Gasteiger partial charge < -0.3 is 20.6 Å². The molecule has 1 aromatic rings. The number of nitrogens with one attached hydrogen (secondary N) is 2. The molecule has 0 aromatic carbocycles. The van der Waals surface area contributed by atoms with Crippen LogP contribution in [0.5, 0.6) is 0 Å². The lowest BCUT2D eigenvalue weighted by Gasteiger charge is -2.36. The molecule has 0 spiro atoms. The quantitative estimate of drug-likeness (QED) is 0.279. The van der Waals surface area contributed by atoms with E-state index in [1.807, 2.05) is 26.8 Å². The maximum absolute atomic E-state index is 11.9. The number of thiophene rings is 1. The first-order valence-electron chi connectivity index (χ1n) is 9.37. The minimum Gasteiger partial charge on any atom is -0.386 e. The van der Waals surface area contributed by atoms with Gasteiger partial charge in [0.15, 0.2) is 5.96 Å². The summed E-state index contributed by atoms with van der Waals surface area (Å²) >= 11 is 7.31. The molecule has 2 rings (SSSR count). The molecule has 1 unspecified atom stereocenters. The number of piperazine rings is 1. The average molecular weight is 544 g/mol. The molecule has 1 amide bonds. The predicted octanol–water partition coefficient (Wildman–Crippen LogP) is 2.16. The number of rotatable bonds is 7. The summed E-state index contributed by atoms with van der Waals surface area (Å²) in [7, 11) is 0. The van der Waals surface area contributed by atoms with Gasteiger partial charge in [0, 0.05) is 43.6 Å². The van der Waals surface area contributed by atoms with Gasteiger partial charge in [-0.3, -0.25) is 14.7 Å². The first-order chi connectivity index (χ1) is 12.9. The number of nitrogens with zero attached hydrogens (tertiary/aromatic N) is 3. The second kappa shape index (κ2) is 12.8. The standard InChI is InChI=1S/C18H30ClN5O2S.HI/c1-4-20-18(21-11-14(25)15-5-6-16(19)27-15)24-9-7-23(8-10-24)12-17(26)22-13(2)3;/h5-6,13-14,25H,4,7-12H2,1-3H3,(H,20,21)(H,22,26);1H. The van der Waals surface area contributed by atoms with Gasteiger partial charge in [-0.25, -0.2) is 0 Å². The van der Waals surface area contributed by atoms with E-state index in [0.717, 1.165) is 43.6 Å². The second-order valence-electron chi connectivity index (χ2n) is 6.84. The zero-order valence-electron chi connectivity index (χ0n) is 16.7. The summed E-state index contributed by atoms with van der Waals surface area (Å²) in [5.74, 6) is 0.863. The number of halogens is 2. The zero-order chi connectivity index (χ0) is 19.8. The largest absolute Gasteiger partial charge is 0.386 e. The van der Waals surface area contributed by atoms with Crippen molar-refractivity contribution in [3.8, 4) is 0 Å². The van der Waals surface area contributed by atoms with Gasteiger partial charge in [0.05, 0.1) is 17.4 Å². The average Bonchev–Trinajstić information content (AvgIpc) is 3.05. The van der Waals surface area contributed by atoms with E-state index in [9.17, 15) is 9.90 Å². The fraction of sp³-hybridized carbons (Fsp3) is 0.667. The van der Waals surface area contributed by atoms with Gasteiger partial charge in [-0.1, -0.05) is 11.6 Å². The van der Waals surface area contributed by atoms with Crippen LogP contribution in [0.25, 0.3) is 0 Å². The van der Waals surface area contributed by atoms with Crippen LogP contribution in [-0.2, 0) is 4.79 Å². The van der Waals surface area contributed by atoms with E-state index in [0.29, 0.717) is 10.9 Å². The molecule has 10 heteroatoms. The Labute approximate surface area is 193 Å². The third kappa shape index (κ3) is 8.40. The summed E-state index contributed by atoms with van der Waals surface area (Å²) in [6, 6.07) is 3.78. The lowest BCUT2D eigenvalue weighted by atomic mass is 10.3. The predicted molar refractivity (Wildman–Crippen MR) is 127 cm³/mol. The Hall–Kier alpha value is -0.620. The fourth-order valence-electron chi connectivity index (χ4n) is 2.88. The molecule has 1 fully saturated rings. The van der Waals surface area contributed by atoms with Crippen LogP contribution in [0.3, 0.4) is 0 Å². The number of aliphatic hydroxyl groups excluding tert-OH is 1. The Bertz CT molecular complexity index is 635. The number of hydrogen-bond donors (Lipinski definition) is 3. The van der Waals surface area contributed by atoms with Crippen LogP contribution >= 0.6 is 46.9 Å². The molecule has 1 saturated heterocycles. The molecule has 28 heavy (non-hydrogen) atoms. The molecule has 1 aromatic heterocycles. The molecule has 2 heterocycles. The zero-order valence-corrected chi connectivity index (χ0v) is 20.6. The molecule has 1 atom stereocenters. The number of amides is 1. The highest BCUT2D eigenvalue weighted by atomic mass is 127. The summed E-state index contributed by atoms with van der Waals surface area (Å²) in [4.78, 5) is 21.7. The van der Waals surface area contributed by atoms with Gasteiger partial charge >= 0.3 is 0 Å². The Morgan fingerprint density at radius 3 is 2.54 bits per heavy atom. The van der Waals surface area contributed by atoms with Crippen LogP contribution < -0.4 is 10.6 Å². The van der Waals surface area contributed by atoms with Crippen molar-refractivity contribution in [2.75, 3.05) is 45.8 Å². The van der Waals surface area contributed by atoms with Gasteiger partial charge in [-0.15, -0.1) is 35.3 Å². The summed E-state index contributed by atoms with van der Waals surface area (Å²) in [6.45, 7) is 10.6. The van der Waals surface area contributed by atoms with Gasteiger partial charge in [-0.05, 0) is 32.9 Å². The number of guanidine groups is 1. The fourth-order valence-corrected chi connectivity index (χ4v) is 3.92. The van der Waals surface area contributed by atoms with E-state index in [4.69, 9.17) is 11.6 Å². The third-order valence-electron chi connectivity index (χ3n) is 4.16. The van der Waals surface area contributed by atoms with Gasteiger partial charge in [0.25, 0.3) is 0 Å². The van der Waals surface area contributed by atoms with E-state index in [-0.39, 0.29) is 42.5 Å². The van der Waals surface area contributed by atoms with Crippen LogP contribution in [-0.4, -0.2) is 78.6 Å². The van der Waals surface area contributed by atoms with E-state index in [2.05, 4.69) is 25.4 Å². The van der Waals surface area contributed by atoms with Crippen molar-refractivity contribution in [3.63, 3.8) is 0 Å². The van der Waals surface area contributed by atoms with E-state index in [1.165, 1.54) is 11.3 Å². The van der Waals surface area contributed by atoms with Gasteiger partial charge in [-0.2, -0.15) is 0 Å². The normalized spacial score (nSPS) is 16.6. The SMILES string of the molecule is CCNC(=NCC(O)c1ccc(Cl)s1)N1CCN(CC(=O)NC(C)C)CC1.I. The molecule has 1 aliphatic heterocycles. The highest BCUT2D eigenvalue weighted by molar-refractivity contribution is 14.0. The Balaban J connectivity index is 0.00000392. The lowest BCUT2D eigenvalue weighted by Crippen LogP contribution is -2.54. The highest BCUT2D eigenvalue weighted by Crippen LogP contribution is 2.27. The molecule has 0 saturated carbocycles. The first kappa shape index (κ1) is 25.4. The molecule has 0 radical (unpaired) electrons. The number of aliphatic imine (C=N–C) groups is 1. The molecule has 7 nitrogen and oxygen atoms in total. The van der Waals surface area contributed by atoms with Crippen molar-refractivity contribution in [2.24, 2.45) is 4.99 Å². The summed E-state index contributed by atoms with van der Waals surface area (Å²) < 4.78 is 0.664. The van der Waals surface area contributed by atoms with E-state index in [1.54, 1.807) is 6.07 Å². The second-order valence-corrected chi connectivity index (χ2v) is 8.58. The number of carbonyl (C=O) groups is 1. The Morgan fingerprint density at radius 1 is 1.32 bits per heavy atom. The monoisotopic (exact) mass is 543 g/mol. The van der Waals surface area contributed by atoms with Crippen LogP contribution in [0.4, 0.5) is 0 Å². The van der Waals surface area contributed by atoms with Crippen molar-refractivity contribution in [3.05, 3.63) is 21.3 Å². The smallest absolute Gasteiger partial charge is 0.234 e. The molecular formula is C18H31ClIN5O2S. The maximum Gasteiger partial charge on any atom is 0.234 e. The minimum atomic E-state index is -0.655. The topological polar surface area (TPSA) is 80.2 Å². The summed E-state index contributed by atoms with van der Waals surface area (Å²) in [5.41, 5.74) is 0. The molecule has 160 valence electrons. The van der Waals surface area contributed by atoms with Crippen molar-refractivity contribution in [1.29, 1.82) is 0 Å². The number of aliphatic hydroxyl groups is 1. The van der Waals surface area contributed by atoms with Crippen molar-refractivity contribution in [1.82, 2.24) is 20.4 Å². The lowest BCUT2D eigenvalue weighted by molar-refractivity contribution is -0.123. The maximum atomic E-state index is 11.9. The number of carbonyl (C=O) groups excluding carboxylic acids is 1. The van der Waals surface area contributed by atoms with Crippen LogP contribution in [0.1, 0.15) is 31.8 Å². The van der Waals surface area contributed by atoms with Crippen molar-refractivity contribution < 1.29 is 9.90 Å². The highest BCUT2D eigenvalue weighted by Gasteiger charge is 2.21. The Kier molecular flexibility index (Phi) is 11.7. The van der Waals surface area contributed by atoms with E-state index >= 15 is 0 Å². The van der Waals surface area contributed by atoms with Crippen molar-refractivity contribution >= 4 is 58.8 Å². The summed E-state index contributed by atoms with van der Waals surface area (Å²) in [6.07, 6.45) is -0.655. The molecule has 1 aliphatic rings. The van der Waals surface area contributed by atoms with Crippen molar-refractivity contribution in [2.45, 2.75) is 32.9 Å². The molecule has 0 aliphatic carbocycles. The van der Waals surface area contributed by atoms with Crippen LogP contribution in [0.15, 0.2) is 17.1 Å².